The van der Waals surface area contributed by atoms with Crippen molar-refractivity contribution in [1.82, 2.24) is 0 Å². The van der Waals surface area contributed by atoms with Gasteiger partial charge < -0.3 is 30.1 Å². The molecule has 1 nitrogen and oxygen atoms in total. The summed E-state index contributed by atoms with van der Waals surface area (Å²) in [7, 11) is 0. The first-order valence-electron chi connectivity index (χ1n) is 7.71. The van der Waals surface area contributed by atoms with Crippen molar-refractivity contribution in [3.05, 3.63) is 65.0 Å². The van der Waals surface area contributed by atoms with E-state index in [9.17, 15) is 0 Å². The van der Waals surface area contributed by atoms with Crippen molar-refractivity contribution < 1.29 is 48.1 Å². The smallest absolute Gasteiger partial charge is 1.00 e. The number of hydrogen-bond donors (Lipinski definition) is 0. The molecular weight excluding hydrogens is 432 g/mol. The normalized spacial score (nSPS) is 12.0. The van der Waals surface area contributed by atoms with Gasteiger partial charge in [0, 0.05) is 0 Å². The Morgan fingerprint density at radius 1 is 0.833 bits per heavy atom. The van der Waals surface area contributed by atoms with Crippen molar-refractivity contribution in [3.8, 4) is 11.1 Å². The van der Waals surface area contributed by atoms with Crippen LogP contribution in [-0.2, 0) is 23.3 Å². The first kappa shape index (κ1) is 24.1. The van der Waals surface area contributed by atoms with Crippen LogP contribution in [0.5, 0.6) is 0 Å². The van der Waals surface area contributed by atoms with Gasteiger partial charge in [0.1, 0.15) is 0 Å². The quantitative estimate of drug-likeness (QED) is 0.525. The molecule has 1 aliphatic carbocycles. The molecule has 0 amide bonds. The molecule has 24 heavy (non-hydrogen) atoms. The zero-order valence-electron chi connectivity index (χ0n) is 14.9. The molecule has 0 bridgehead atoms. The minimum Gasteiger partial charge on any atom is -1.00 e. The monoisotopic (exact) mass is 454 g/mol. The van der Waals surface area contributed by atoms with Crippen molar-refractivity contribution in [3.63, 3.8) is 0 Å². The Bertz CT molecular complexity index is 634. The summed E-state index contributed by atoms with van der Waals surface area (Å²) < 4.78 is 0. The van der Waals surface area contributed by atoms with E-state index >= 15 is 0 Å². The maximum absolute atomic E-state index is 4.99. The fraction of sp³-hybridized carbons (Fsp3) is 0.368. The van der Waals surface area contributed by atoms with Crippen LogP contribution < -0.4 is 24.8 Å². The zero-order valence-corrected chi connectivity index (χ0v) is 19.9. The average molecular weight is 457 g/mol. The Morgan fingerprint density at radius 2 is 1.17 bits per heavy atom. The van der Waals surface area contributed by atoms with Gasteiger partial charge >= 0.3 is 41.9 Å². The molecule has 1 aliphatic rings. The third-order valence-corrected chi connectivity index (χ3v) is 3.32. The third-order valence-electron chi connectivity index (χ3n) is 3.32. The van der Waals surface area contributed by atoms with Gasteiger partial charge in [0.25, 0.3) is 0 Å². The topological polar surface area (TPSA) is 14.1 Å². The summed E-state index contributed by atoms with van der Waals surface area (Å²) in [6, 6.07) is 17.4. The number of halogens is 2. The molecule has 0 saturated heterocycles. The fourth-order valence-electron chi connectivity index (χ4n) is 2.66. The molecule has 2 aromatic carbocycles. The van der Waals surface area contributed by atoms with Gasteiger partial charge in [-0.25, -0.2) is 0 Å². The van der Waals surface area contributed by atoms with E-state index < -0.39 is 0 Å². The first-order chi connectivity index (χ1) is 10.3. The summed E-state index contributed by atoms with van der Waals surface area (Å²) in [5, 5.41) is 4.99. The maximum Gasteiger partial charge on any atom is -1.00 e. The van der Waals surface area contributed by atoms with Gasteiger partial charge in [-0.1, -0.05) is 86.5 Å². The van der Waals surface area contributed by atoms with Crippen LogP contribution >= 0.6 is 0 Å². The van der Waals surface area contributed by atoms with E-state index in [0.717, 1.165) is 0 Å². The zero-order chi connectivity index (χ0) is 16.3. The van der Waals surface area contributed by atoms with Crippen LogP contribution in [-0.4, -0.2) is 11.0 Å². The number of rotatable bonds is 1. The van der Waals surface area contributed by atoms with Crippen molar-refractivity contribution in [1.29, 1.82) is 0 Å². The largest absolute Gasteiger partial charge is 1.00 e. The molecule has 0 atom stereocenters. The van der Waals surface area contributed by atoms with Crippen LogP contribution in [0.15, 0.2) is 48.5 Å². The van der Waals surface area contributed by atoms with Crippen molar-refractivity contribution in [2.75, 3.05) is 0 Å². The van der Waals surface area contributed by atoms with E-state index in [1.165, 1.54) is 22.3 Å². The van der Waals surface area contributed by atoms with Crippen LogP contribution in [0, 0.1) is 0 Å². The van der Waals surface area contributed by atoms with Gasteiger partial charge in [-0.3, -0.25) is 0 Å². The van der Waals surface area contributed by atoms with E-state index in [1.807, 2.05) is 0 Å². The summed E-state index contributed by atoms with van der Waals surface area (Å²) in [4.78, 5) is 0. The predicted molar refractivity (Wildman–Crippen MR) is 94.3 cm³/mol. The summed E-state index contributed by atoms with van der Waals surface area (Å²) in [6.07, 6.45) is 0. The van der Waals surface area contributed by atoms with Gasteiger partial charge in [-0.2, -0.15) is 0 Å². The summed E-state index contributed by atoms with van der Waals surface area (Å²) >= 11 is 1.74. The molecule has 3 rings (SSSR count). The van der Waals surface area contributed by atoms with Crippen LogP contribution in [0.25, 0.3) is 16.4 Å². The van der Waals surface area contributed by atoms with Gasteiger partial charge in [-0.05, 0) is 11.1 Å². The number of fused-ring (bicyclic) bond motifs is 3. The second kappa shape index (κ2) is 10.3. The Morgan fingerprint density at radius 3 is 1.50 bits per heavy atom. The molecule has 0 aromatic heterocycles. The van der Waals surface area contributed by atoms with Crippen molar-refractivity contribution >= 4 is 5.43 Å². The fourth-order valence-corrected chi connectivity index (χ4v) is 2.66. The minimum atomic E-state index is -0.0186. The number of hydrogen-bond acceptors (Lipinski definition) is 0. The molecule has 0 heterocycles. The number of nitrogens with zero attached hydrogens (tertiary/aromatic N) is 1. The van der Waals surface area contributed by atoms with Crippen LogP contribution in [0.1, 0.15) is 37.9 Å². The Labute approximate surface area is 174 Å². The Balaban J connectivity index is 0.000000801. The van der Waals surface area contributed by atoms with Gasteiger partial charge in [0.2, 0.25) is 0 Å². The molecule has 0 radical (unpaired) electrons. The molecule has 0 spiro atoms. The standard InChI is InChI=1S/C17H18N.C2H6Si.2ClH.Zr/c1-17(2,3)18-16-14-10-6-4-8-12(14)13-9-5-7-11-15(13)16;1-3-2;;;/h4-11,16H,1-3H3;1-2H3;2*1H;/q-1;;;;+2/p-2. The molecule has 0 N–H and O–H groups in total. The van der Waals surface area contributed by atoms with E-state index in [-0.39, 0.29) is 41.8 Å². The van der Waals surface area contributed by atoms with Crippen LogP contribution in [0.2, 0.25) is 13.1 Å². The van der Waals surface area contributed by atoms with Crippen molar-refractivity contribution in [2.24, 2.45) is 0 Å². The summed E-state index contributed by atoms with van der Waals surface area (Å²) in [5.41, 5.74) is 5.55. The molecule has 0 aliphatic heterocycles. The molecule has 128 valence electrons. The van der Waals surface area contributed by atoms with Gasteiger partial charge in [-0.15, -0.1) is 5.54 Å². The van der Waals surface area contributed by atoms with Crippen LogP contribution in [0.3, 0.4) is 0 Å². The second-order valence-corrected chi connectivity index (χ2v) is 16.3. The molecule has 5 heteroatoms. The average Bonchev–Trinajstić information content (AvgIpc) is 2.72. The van der Waals surface area contributed by atoms with E-state index in [4.69, 9.17) is 5.32 Å². The van der Waals surface area contributed by atoms with Gasteiger partial charge in [0.15, 0.2) is 0 Å². The molecule has 0 unspecified atom stereocenters. The second-order valence-electron chi connectivity index (χ2n) is 6.88. The Hall–Kier alpha value is 0.0800. The minimum absolute atomic E-state index is 0. The van der Waals surface area contributed by atoms with E-state index in [2.05, 4.69) is 82.4 Å². The summed E-state index contributed by atoms with van der Waals surface area (Å²) in [6.45, 7) is 11.1. The van der Waals surface area contributed by atoms with Crippen molar-refractivity contribution in [2.45, 2.75) is 45.4 Å². The maximum atomic E-state index is 4.99. The van der Waals surface area contributed by atoms with Gasteiger partial charge in [0.05, 0.1) is 0 Å². The summed E-state index contributed by atoms with van der Waals surface area (Å²) in [5.74, 6) is 0. The molecule has 0 saturated carbocycles. The van der Waals surface area contributed by atoms with Crippen LogP contribution in [0.4, 0.5) is 0 Å². The SMILES string of the molecule is CC(C)(C)[N-]C1c2ccccc2-c2ccccc21.C[Si](C)=[Zr+2].[Cl-].[Cl-]. The predicted octanol–water partition coefficient (Wildman–Crippen LogP) is -0.279. The molecule has 0 fully saturated rings. The molecule has 2 aromatic rings. The van der Waals surface area contributed by atoms with E-state index in [1.54, 1.807) is 23.3 Å². The molecular formula is C19H24Cl2NSiZr-. The van der Waals surface area contributed by atoms with E-state index in [0.29, 0.717) is 0 Å². The first-order valence-corrected chi connectivity index (χ1v) is 13.9. The Kier molecular flexibility index (Phi) is 10.3. The number of benzene rings is 2. The third kappa shape index (κ3) is 6.42.